The Morgan fingerprint density at radius 3 is 2.47 bits per heavy atom. The summed E-state index contributed by atoms with van der Waals surface area (Å²) in [4.78, 5) is 37.1. The SMILES string of the molecule is CN(C)C(=O)CCNC(=O)N1CCC(C)(C(=O)O)C1. The van der Waals surface area contributed by atoms with Gasteiger partial charge in [0, 0.05) is 40.2 Å². The summed E-state index contributed by atoms with van der Waals surface area (Å²) in [5.41, 5.74) is -0.864. The first-order chi connectivity index (χ1) is 8.76. The van der Waals surface area contributed by atoms with Crippen LogP contribution in [0.5, 0.6) is 0 Å². The van der Waals surface area contributed by atoms with E-state index in [4.69, 9.17) is 5.11 Å². The molecular formula is C12H21N3O4. The third kappa shape index (κ3) is 3.84. The number of urea groups is 1. The third-order valence-corrected chi connectivity index (χ3v) is 3.39. The Hall–Kier alpha value is -1.79. The maximum Gasteiger partial charge on any atom is 0.317 e. The normalized spacial score (nSPS) is 22.2. The predicted octanol–water partition coefficient (Wildman–Crippen LogP) is -0.0291. The maximum absolute atomic E-state index is 11.8. The molecule has 7 nitrogen and oxygen atoms in total. The number of hydrogen-bond donors (Lipinski definition) is 2. The lowest BCUT2D eigenvalue weighted by molar-refractivity contribution is -0.147. The number of carbonyl (C=O) groups excluding carboxylic acids is 2. The van der Waals surface area contributed by atoms with E-state index < -0.39 is 11.4 Å². The highest BCUT2D eigenvalue weighted by Crippen LogP contribution is 2.29. The fraction of sp³-hybridized carbons (Fsp3) is 0.750. The molecule has 1 atom stereocenters. The molecule has 1 aliphatic heterocycles. The Morgan fingerprint density at radius 2 is 2.00 bits per heavy atom. The van der Waals surface area contributed by atoms with Gasteiger partial charge in [0.15, 0.2) is 0 Å². The van der Waals surface area contributed by atoms with E-state index in [-0.39, 0.29) is 31.4 Å². The van der Waals surface area contributed by atoms with Gasteiger partial charge < -0.3 is 20.2 Å². The van der Waals surface area contributed by atoms with Crippen LogP contribution in [0.15, 0.2) is 0 Å². The van der Waals surface area contributed by atoms with Crippen molar-refractivity contribution in [1.82, 2.24) is 15.1 Å². The molecule has 1 rings (SSSR count). The van der Waals surface area contributed by atoms with Gasteiger partial charge in [-0.3, -0.25) is 9.59 Å². The van der Waals surface area contributed by atoms with Crippen molar-refractivity contribution in [2.45, 2.75) is 19.8 Å². The van der Waals surface area contributed by atoms with Crippen molar-refractivity contribution >= 4 is 17.9 Å². The molecule has 108 valence electrons. The lowest BCUT2D eigenvalue weighted by Gasteiger charge is -2.20. The molecule has 0 radical (unpaired) electrons. The van der Waals surface area contributed by atoms with Crippen LogP contribution in [-0.2, 0) is 9.59 Å². The van der Waals surface area contributed by atoms with Crippen LogP contribution in [0.3, 0.4) is 0 Å². The molecule has 1 saturated heterocycles. The van der Waals surface area contributed by atoms with Crippen LogP contribution in [0.1, 0.15) is 19.8 Å². The van der Waals surface area contributed by atoms with Gasteiger partial charge in [-0.2, -0.15) is 0 Å². The van der Waals surface area contributed by atoms with E-state index in [1.165, 1.54) is 9.80 Å². The van der Waals surface area contributed by atoms with Crippen molar-refractivity contribution in [2.75, 3.05) is 33.7 Å². The minimum absolute atomic E-state index is 0.0582. The molecule has 3 amide bonds. The number of amides is 3. The lowest BCUT2D eigenvalue weighted by atomic mass is 9.90. The van der Waals surface area contributed by atoms with Crippen molar-refractivity contribution in [3.63, 3.8) is 0 Å². The van der Waals surface area contributed by atoms with Crippen LogP contribution in [0, 0.1) is 5.41 Å². The van der Waals surface area contributed by atoms with E-state index in [1.807, 2.05) is 0 Å². The number of aliphatic carboxylic acids is 1. The Kier molecular flexibility index (Phi) is 4.74. The number of hydrogen-bond acceptors (Lipinski definition) is 3. The van der Waals surface area contributed by atoms with Crippen molar-refractivity contribution < 1.29 is 19.5 Å². The number of likely N-dealkylation sites (tertiary alicyclic amines) is 1. The van der Waals surface area contributed by atoms with Crippen LogP contribution in [0.25, 0.3) is 0 Å². The summed E-state index contributed by atoms with van der Waals surface area (Å²) in [7, 11) is 3.31. The number of nitrogens with one attached hydrogen (secondary N) is 1. The monoisotopic (exact) mass is 271 g/mol. The van der Waals surface area contributed by atoms with Crippen LogP contribution in [-0.4, -0.2) is 66.5 Å². The van der Waals surface area contributed by atoms with Crippen molar-refractivity contribution in [3.05, 3.63) is 0 Å². The first-order valence-corrected chi connectivity index (χ1v) is 6.22. The van der Waals surface area contributed by atoms with Gasteiger partial charge >= 0.3 is 12.0 Å². The lowest BCUT2D eigenvalue weighted by Crippen LogP contribution is -2.42. The zero-order valence-electron chi connectivity index (χ0n) is 11.6. The van der Waals surface area contributed by atoms with Gasteiger partial charge in [0.05, 0.1) is 5.41 Å². The second-order valence-electron chi connectivity index (χ2n) is 5.31. The molecule has 1 heterocycles. The van der Waals surface area contributed by atoms with Gasteiger partial charge in [0.25, 0.3) is 0 Å². The van der Waals surface area contributed by atoms with E-state index >= 15 is 0 Å². The maximum atomic E-state index is 11.8. The average Bonchev–Trinajstić information content (AvgIpc) is 2.73. The molecular weight excluding hydrogens is 250 g/mol. The molecule has 0 aliphatic carbocycles. The molecule has 0 aromatic heterocycles. The highest BCUT2D eigenvalue weighted by molar-refractivity contribution is 5.80. The number of carbonyl (C=O) groups is 3. The minimum Gasteiger partial charge on any atom is -0.481 e. The van der Waals surface area contributed by atoms with Gasteiger partial charge in [-0.05, 0) is 13.3 Å². The van der Waals surface area contributed by atoms with Gasteiger partial charge in [-0.1, -0.05) is 0 Å². The van der Waals surface area contributed by atoms with Crippen LogP contribution in [0.4, 0.5) is 4.79 Å². The molecule has 7 heteroatoms. The molecule has 0 saturated carbocycles. The van der Waals surface area contributed by atoms with Crippen molar-refractivity contribution in [1.29, 1.82) is 0 Å². The number of nitrogens with zero attached hydrogens (tertiary/aromatic N) is 2. The second-order valence-corrected chi connectivity index (χ2v) is 5.31. The fourth-order valence-corrected chi connectivity index (χ4v) is 1.92. The topological polar surface area (TPSA) is 90.0 Å². The van der Waals surface area contributed by atoms with Gasteiger partial charge in [-0.15, -0.1) is 0 Å². The van der Waals surface area contributed by atoms with E-state index in [0.29, 0.717) is 13.0 Å². The Labute approximate surface area is 112 Å². The predicted molar refractivity (Wildman–Crippen MR) is 68.6 cm³/mol. The summed E-state index contributed by atoms with van der Waals surface area (Å²) in [5, 5.41) is 11.7. The molecule has 1 fully saturated rings. The van der Waals surface area contributed by atoms with E-state index in [1.54, 1.807) is 21.0 Å². The zero-order chi connectivity index (χ0) is 14.6. The van der Waals surface area contributed by atoms with Gasteiger partial charge in [0.2, 0.25) is 5.91 Å². The smallest absolute Gasteiger partial charge is 0.317 e. The van der Waals surface area contributed by atoms with Gasteiger partial charge in [-0.25, -0.2) is 4.79 Å². The minimum atomic E-state index is -0.884. The summed E-state index contributed by atoms with van der Waals surface area (Å²) in [6.07, 6.45) is 0.690. The molecule has 0 aromatic carbocycles. The summed E-state index contributed by atoms with van der Waals surface area (Å²) in [6, 6.07) is -0.309. The molecule has 0 spiro atoms. The second kappa shape index (κ2) is 5.90. The molecule has 0 bridgehead atoms. The molecule has 2 N–H and O–H groups in total. The Balaban J connectivity index is 2.36. The fourth-order valence-electron chi connectivity index (χ4n) is 1.92. The summed E-state index contributed by atoms with van der Waals surface area (Å²) < 4.78 is 0. The van der Waals surface area contributed by atoms with Crippen LogP contribution in [0.2, 0.25) is 0 Å². The summed E-state index contributed by atoms with van der Waals surface area (Å²) in [5.74, 6) is -0.942. The van der Waals surface area contributed by atoms with Gasteiger partial charge in [0.1, 0.15) is 0 Å². The van der Waals surface area contributed by atoms with E-state index in [0.717, 1.165) is 0 Å². The van der Waals surface area contributed by atoms with E-state index in [9.17, 15) is 14.4 Å². The first kappa shape index (κ1) is 15.3. The van der Waals surface area contributed by atoms with Crippen molar-refractivity contribution in [3.8, 4) is 0 Å². The number of rotatable bonds is 4. The van der Waals surface area contributed by atoms with Crippen molar-refractivity contribution in [2.24, 2.45) is 5.41 Å². The molecule has 1 aliphatic rings. The summed E-state index contributed by atoms with van der Waals surface area (Å²) in [6.45, 7) is 2.53. The average molecular weight is 271 g/mol. The number of carboxylic acid groups (broad SMARTS) is 1. The standard InChI is InChI=1S/C12H21N3O4/c1-12(10(17)18)5-7-15(8-12)11(19)13-6-4-9(16)14(2)3/h4-8H2,1-3H3,(H,13,19)(H,17,18). The Morgan fingerprint density at radius 1 is 1.37 bits per heavy atom. The highest BCUT2D eigenvalue weighted by atomic mass is 16.4. The molecule has 0 aromatic rings. The summed E-state index contributed by atoms with van der Waals surface area (Å²) >= 11 is 0. The van der Waals surface area contributed by atoms with E-state index in [2.05, 4.69) is 5.32 Å². The zero-order valence-corrected chi connectivity index (χ0v) is 11.6. The molecule has 1 unspecified atom stereocenters. The largest absolute Gasteiger partial charge is 0.481 e. The first-order valence-electron chi connectivity index (χ1n) is 6.22. The highest BCUT2D eigenvalue weighted by Gasteiger charge is 2.42. The quantitative estimate of drug-likeness (QED) is 0.751. The van der Waals surface area contributed by atoms with Crippen LogP contribution >= 0.6 is 0 Å². The third-order valence-electron chi connectivity index (χ3n) is 3.39. The Bertz CT molecular complexity index is 383. The number of carboxylic acids is 1. The van der Waals surface area contributed by atoms with Crippen LogP contribution < -0.4 is 5.32 Å². The molecule has 19 heavy (non-hydrogen) atoms.